The summed E-state index contributed by atoms with van der Waals surface area (Å²) in [7, 11) is 1.38. The molecule has 3 rings (SSSR count). The monoisotopic (exact) mass is 330 g/mol. The number of fused-ring (bicyclic) bond motifs is 1. The minimum absolute atomic E-state index is 0.369. The van der Waals surface area contributed by atoms with Gasteiger partial charge < -0.3 is 9.15 Å². The molecule has 0 aliphatic rings. The molecule has 1 aromatic heterocycles. The second-order valence-electron chi connectivity index (χ2n) is 4.33. The summed E-state index contributed by atoms with van der Waals surface area (Å²) in [6, 6.07) is 13.3. The van der Waals surface area contributed by atoms with Gasteiger partial charge in [-0.15, -0.1) is 0 Å². The molecule has 0 aliphatic carbocycles. The van der Waals surface area contributed by atoms with E-state index in [0.717, 1.165) is 26.6 Å². The van der Waals surface area contributed by atoms with E-state index in [2.05, 4.69) is 15.9 Å². The summed E-state index contributed by atoms with van der Waals surface area (Å²) in [5, 5.41) is 0.972. The lowest BCUT2D eigenvalue weighted by atomic mass is 9.99. The average Bonchev–Trinajstić information content (AvgIpc) is 2.90. The van der Waals surface area contributed by atoms with Gasteiger partial charge in [0.05, 0.1) is 18.9 Å². The molecule has 100 valence electrons. The summed E-state index contributed by atoms with van der Waals surface area (Å²) in [5.41, 5.74) is 2.98. The molecule has 0 atom stereocenters. The highest BCUT2D eigenvalue weighted by Gasteiger charge is 2.17. The van der Waals surface area contributed by atoms with Crippen LogP contribution < -0.4 is 0 Å². The van der Waals surface area contributed by atoms with E-state index < -0.39 is 0 Å². The number of carbonyl (C=O) groups is 1. The highest BCUT2D eigenvalue weighted by Crippen LogP contribution is 2.34. The van der Waals surface area contributed by atoms with Crippen molar-refractivity contribution in [2.75, 3.05) is 7.11 Å². The lowest BCUT2D eigenvalue weighted by Crippen LogP contribution is -2.03. The number of rotatable bonds is 2. The third kappa shape index (κ3) is 2.12. The molecule has 0 fully saturated rings. The second kappa shape index (κ2) is 5.13. The van der Waals surface area contributed by atoms with Crippen LogP contribution in [-0.2, 0) is 4.74 Å². The van der Waals surface area contributed by atoms with Gasteiger partial charge in [0.2, 0.25) is 0 Å². The Morgan fingerprint density at radius 2 is 1.95 bits per heavy atom. The number of hydrogen-bond donors (Lipinski definition) is 0. The fourth-order valence-electron chi connectivity index (χ4n) is 2.22. The van der Waals surface area contributed by atoms with Gasteiger partial charge in [0, 0.05) is 21.0 Å². The minimum Gasteiger partial charge on any atom is -0.465 e. The van der Waals surface area contributed by atoms with Crippen molar-refractivity contribution in [1.29, 1.82) is 0 Å². The molecule has 3 nitrogen and oxygen atoms in total. The molecule has 0 aliphatic heterocycles. The third-order valence-electron chi connectivity index (χ3n) is 3.16. The number of ether oxygens (including phenoxy) is 1. The molecule has 0 spiro atoms. The zero-order valence-corrected chi connectivity index (χ0v) is 12.3. The average molecular weight is 331 g/mol. The Morgan fingerprint density at radius 1 is 1.15 bits per heavy atom. The Balaban J connectivity index is 2.26. The summed E-state index contributed by atoms with van der Waals surface area (Å²) in [6.07, 6.45) is 1.67. The largest absolute Gasteiger partial charge is 0.465 e. The number of para-hydroxylation sites is 1. The smallest absolute Gasteiger partial charge is 0.338 e. The van der Waals surface area contributed by atoms with E-state index in [1.807, 2.05) is 36.4 Å². The summed E-state index contributed by atoms with van der Waals surface area (Å²) in [4.78, 5) is 11.9. The van der Waals surface area contributed by atoms with E-state index in [-0.39, 0.29) is 5.97 Å². The maximum absolute atomic E-state index is 11.9. The zero-order valence-electron chi connectivity index (χ0n) is 10.7. The summed E-state index contributed by atoms with van der Waals surface area (Å²) < 4.78 is 11.2. The lowest BCUT2D eigenvalue weighted by Gasteiger charge is -2.07. The van der Waals surface area contributed by atoms with Gasteiger partial charge in [-0.25, -0.2) is 4.79 Å². The van der Waals surface area contributed by atoms with Crippen LogP contribution in [0.15, 0.2) is 57.6 Å². The van der Waals surface area contributed by atoms with Gasteiger partial charge >= 0.3 is 5.97 Å². The van der Waals surface area contributed by atoms with E-state index in [9.17, 15) is 4.79 Å². The minimum atomic E-state index is -0.369. The molecule has 0 amide bonds. The van der Waals surface area contributed by atoms with E-state index in [1.54, 1.807) is 12.3 Å². The van der Waals surface area contributed by atoms with Gasteiger partial charge in [-0.3, -0.25) is 0 Å². The summed E-state index contributed by atoms with van der Waals surface area (Å²) >= 11 is 3.38. The van der Waals surface area contributed by atoms with Gasteiger partial charge in [0.1, 0.15) is 5.58 Å². The number of furan rings is 1. The quantitative estimate of drug-likeness (QED) is 0.642. The van der Waals surface area contributed by atoms with Crippen LogP contribution in [0, 0.1) is 0 Å². The van der Waals surface area contributed by atoms with Crippen molar-refractivity contribution >= 4 is 32.9 Å². The SMILES string of the molecule is COC(=O)c1cc(Br)ccc1-c1coc2ccccc12. The van der Waals surface area contributed by atoms with E-state index in [4.69, 9.17) is 9.15 Å². The standard InChI is InChI=1S/C16H11BrO3/c1-19-16(18)13-8-10(17)6-7-11(13)14-9-20-15-5-3-2-4-12(14)15/h2-9H,1H3. The van der Waals surface area contributed by atoms with E-state index >= 15 is 0 Å². The normalized spacial score (nSPS) is 10.7. The molecule has 3 aromatic rings. The first kappa shape index (κ1) is 12.9. The Morgan fingerprint density at radius 3 is 2.75 bits per heavy atom. The second-order valence-corrected chi connectivity index (χ2v) is 5.24. The van der Waals surface area contributed by atoms with Crippen molar-refractivity contribution in [3.05, 3.63) is 58.8 Å². The molecule has 1 heterocycles. The first-order chi connectivity index (χ1) is 9.70. The lowest BCUT2D eigenvalue weighted by molar-refractivity contribution is 0.0601. The molecule has 0 saturated carbocycles. The summed E-state index contributed by atoms with van der Waals surface area (Å²) in [5.74, 6) is -0.369. The topological polar surface area (TPSA) is 39.4 Å². The van der Waals surface area contributed by atoms with Crippen molar-refractivity contribution in [2.45, 2.75) is 0 Å². The van der Waals surface area contributed by atoms with Crippen LogP contribution in [0.5, 0.6) is 0 Å². The van der Waals surface area contributed by atoms with Crippen LogP contribution in [0.4, 0.5) is 0 Å². The first-order valence-electron chi connectivity index (χ1n) is 6.05. The van der Waals surface area contributed by atoms with Crippen molar-refractivity contribution in [1.82, 2.24) is 0 Å². The number of carbonyl (C=O) groups excluding carboxylic acids is 1. The number of hydrogen-bond acceptors (Lipinski definition) is 3. The van der Waals surface area contributed by atoms with E-state index in [1.165, 1.54) is 7.11 Å². The molecule has 4 heteroatoms. The first-order valence-corrected chi connectivity index (χ1v) is 6.84. The molecule has 0 bridgehead atoms. The Kier molecular flexibility index (Phi) is 3.32. The Bertz CT molecular complexity index is 789. The fourth-order valence-corrected chi connectivity index (χ4v) is 2.58. The van der Waals surface area contributed by atoms with Gasteiger partial charge in [0.15, 0.2) is 0 Å². The van der Waals surface area contributed by atoms with Crippen LogP contribution in [0.3, 0.4) is 0 Å². The highest BCUT2D eigenvalue weighted by atomic mass is 79.9. The molecule has 0 saturated heterocycles. The van der Waals surface area contributed by atoms with Crippen molar-refractivity contribution in [3.63, 3.8) is 0 Å². The third-order valence-corrected chi connectivity index (χ3v) is 3.65. The van der Waals surface area contributed by atoms with Crippen LogP contribution in [0.25, 0.3) is 22.1 Å². The predicted molar refractivity (Wildman–Crippen MR) is 80.7 cm³/mol. The van der Waals surface area contributed by atoms with Crippen molar-refractivity contribution in [2.24, 2.45) is 0 Å². The molecule has 2 aromatic carbocycles. The molecular weight excluding hydrogens is 320 g/mol. The maximum Gasteiger partial charge on any atom is 0.338 e. The van der Waals surface area contributed by atoms with Crippen LogP contribution in [0.2, 0.25) is 0 Å². The molecule has 0 radical (unpaired) electrons. The Labute approximate surface area is 124 Å². The van der Waals surface area contributed by atoms with Gasteiger partial charge in [-0.1, -0.05) is 40.2 Å². The number of esters is 1. The zero-order chi connectivity index (χ0) is 14.1. The van der Waals surface area contributed by atoms with Crippen LogP contribution >= 0.6 is 15.9 Å². The molecule has 0 N–H and O–H groups in total. The molecule has 20 heavy (non-hydrogen) atoms. The van der Waals surface area contributed by atoms with Crippen molar-refractivity contribution in [3.8, 4) is 11.1 Å². The fraction of sp³-hybridized carbons (Fsp3) is 0.0625. The summed E-state index contributed by atoms with van der Waals surface area (Å²) in [6.45, 7) is 0. The van der Waals surface area contributed by atoms with Crippen LogP contribution in [-0.4, -0.2) is 13.1 Å². The predicted octanol–water partition coefficient (Wildman–Crippen LogP) is 4.65. The van der Waals surface area contributed by atoms with Gasteiger partial charge in [0.25, 0.3) is 0 Å². The van der Waals surface area contributed by atoms with Crippen molar-refractivity contribution < 1.29 is 13.9 Å². The Hall–Kier alpha value is -2.07. The van der Waals surface area contributed by atoms with Gasteiger partial charge in [-0.05, 0) is 18.2 Å². The van der Waals surface area contributed by atoms with Gasteiger partial charge in [-0.2, -0.15) is 0 Å². The number of methoxy groups -OCH3 is 1. The molecule has 0 unspecified atom stereocenters. The van der Waals surface area contributed by atoms with E-state index in [0.29, 0.717) is 5.56 Å². The number of halogens is 1. The molecular formula is C16H11BrO3. The van der Waals surface area contributed by atoms with Crippen LogP contribution in [0.1, 0.15) is 10.4 Å². The maximum atomic E-state index is 11.9. The number of benzene rings is 2. The highest BCUT2D eigenvalue weighted by molar-refractivity contribution is 9.10.